The molecule has 122 valence electrons. The number of halogens is 1. The first kappa shape index (κ1) is 15.7. The van der Waals surface area contributed by atoms with E-state index in [1.807, 2.05) is 12.1 Å². The quantitative estimate of drug-likeness (QED) is 0.745. The van der Waals surface area contributed by atoms with Crippen LogP contribution in [0.25, 0.3) is 0 Å². The van der Waals surface area contributed by atoms with Crippen molar-refractivity contribution in [2.24, 2.45) is 5.92 Å². The third-order valence-corrected chi connectivity index (χ3v) is 6.03. The van der Waals surface area contributed by atoms with E-state index in [4.69, 9.17) is 16.9 Å². The molecule has 1 aliphatic carbocycles. The molecule has 3 atom stereocenters. The van der Waals surface area contributed by atoms with Gasteiger partial charge in [0.1, 0.15) is 0 Å². The minimum absolute atomic E-state index is 0.0563. The predicted molar refractivity (Wildman–Crippen MR) is 96.8 cm³/mol. The molecule has 2 aromatic carbocycles. The molecular formula is C21H21ClN2. The zero-order chi connectivity index (χ0) is 16.5. The Balaban J connectivity index is 1.60. The fourth-order valence-corrected chi connectivity index (χ4v) is 4.75. The lowest BCUT2D eigenvalue weighted by atomic mass is 9.80. The fourth-order valence-electron chi connectivity index (χ4n) is 4.25. The van der Waals surface area contributed by atoms with Crippen LogP contribution in [0.5, 0.6) is 0 Å². The molecule has 1 saturated heterocycles. The smallest absolute Gasteiger partial charge is 0.0991 e. The minimum Gasteiger partial charge on any atom is -0.294 e. The number of nitriles is 1. The van der Waals surface area contributed by atoms with Crippen molar-refractivity contribution >= 4 is 11.6 Å². The fraction of sp³-hybridized carbons (Fsp3) is 0.381. The second kappa shape index (κ2) is 6.59. The molecule has 1 unspecified atom stereocenters. The molecule has 24 heavy (non-hydrogen) atoms. The van der Waals surface area contributed by atoms with Gasteiger partial charge < -0.3 is 0 Å². The van der Waals surface area contributed by atoms with Crippen LogP contribution in [0.15, 0.2) is 48.5 Å². The average Bonchev–Trinajstić information content (AvgIpc) is 2.61. The minimum atomic E-state index is 0.0563. The molecule has 0 spiro atoms. The summed E-state index contributed by atoms with van der Waals surface area (Å²) in [6.45, 7) is 2.03. The Morgan fingerprint density at radius 1 is 1.08 bits per heavy atom. The molecule has 1 fully saturated rings. The van der Waals surface area contributed by atoms with E-state index < -0.39 is 0 Å². The first-order valence-electron chi connectivity index (χ1n) is 8.69. The van der Waals surface area contributed by atoms with Crippen LogP contribution in [0.3, 0.4) is 0 Å². The van der Waals surface area contributed by atoms with Crippen LogP contribution < -0.4 is 0 Å². The van der Waals surface area contributed by atoms with Crippen molar-refractivity contribution in [3.05, 3.63) is 70.8 Å². The van der Waals surface area contributed by atoms with E-state index in [0.29, 0.717) is 12.0 Å². The Hall–Kier alpha value is -1.82. The van der Waals surface area contributed by atoms with Gasteiger partial charge in [-0.25, -0.2) is 0 Å². The van der Waals surface area contributed by atoms with Gasteiger partial charge in [-0.2, -0.15) is 5.26 Å². The maximum absolute atomic E-state index is 8.95. The highest BCUT2D eigenvalue weighted by molar-refractivity contribution is 6.21. The van der Waals surface area contributed by atoms with Gasteiger partial charge in [0.2, 0.25) is 0 Å². The Morgan fingerprint density at radius 2 is 1.88 bits per heavy atom. The van der Waals surface area contributed by atoms with E-state index in [1.54, 1.807) is 0 Å². The molecular weight excluding hydrogens is 316 g/mol. The molecule has 2 aliphatic heterocycles. The van der Waals surface area contributed by atoms with E-state index in [9.17, 15) is 0 Å². The molecule has 0 aromatic heterocycles. The van der Waals surface area contributed by atoms with E-state index in [2.05, 4.69) is 47.4 Å². The molecule has 0 radical (unpaired) electrons. The topological polar surface area (TPSA) is 27.0 Å². The predicted octanol–water partition coefficient (Wildman–Crippen LogP) is 4.68. The molecule has 2 nitrogen and oxygen atoms in total. The number of hydrogen-bond acceptors (Lipinski definition) is 2. The number of fused-ring (bicyclic) bond motifs is 2. The Morgan fingerprint density at radius 3 is 2.67 bits per heavy atom. The van der Waals surface area contributed by atoms with Gasteiger partial charge in [0.15, 0.2) is 0 Å². The summed E-state index contributed by atoms with van der Waals surface area (Å²) in [5.74, 6) is 0.713. The molecule has 5 rings (SSSR count). The van der Waals surface area contributed by atoms with Crippen molar-refractivity contribution in [3.63, 3.8) is 0 Å². The third-order valence-electron chi connectivity index (χ3n) is 5.50. The van der Waals surface area contributed by atoms with Crippen molar-refractivity contribution in [2.75, 3.05) is 6.54 Å². The molecule has 3 heteroatoms. The number of piperidine rings is 1. The zero-order valence-electron chi connectivity index (χ0n) is 13.7. The third kappa shape index (κ3) is 2.95. The standard InChI is InChI=1S/C21H21ClN2/c22-21-19-4-2-1-3-18(19)11-17-9-10-20(21)24(14-17)13-16-7-5-15(12-23)6-8-16/h1-8,17,20-21H,9-11,13-14H2/t17-,20+,21?/m0/s1. The van der Waals surface area contributed by atoms with Crippen LogP contribution >= 0.6 is 11.6 Å². The van der Waals surface area contributed by atoms with Gasteiger partial charge in [-0.3, -0.25) is 4.90 Å². The van der Waals surface area contributed by atoms with Gasteiger partial charge in [-0.1, -0.05) is 36.4 Å². The van der Waals surface area contributed by atoms with Crippen LogP contribution in [-0.4, -0.2) is 17.5 Å². The lowest BCUT2D eigenvalue weighted by Gasteiger charge is -2.44. The first-order valence-corrected chi connectivity index (χ1v) is 9.13. The van der Waals surface area contributed by atoms with E-state index >= 15 is 0 Å². The van der Waals surface area contributed by atoms with Crippen LogP contribution in [0, 0.1) is 17.2 Å². The second-order valence-corrected chi connectivity index (χ2v) is 7.52. The molecule has 0 saturated carbocycles. The second-order valence-electron chi connectivity index (χ2n) is 7.05. The van der Waals surface area contributed by atoms with Crippen LogP contribution in [0.2, 0.25) is 0 Å². The van der Waals surface area contributed by atoms with Crippen LogP contribution in [0.1, 0.15) is 40.5 Å². The Kier molecular flexibility index (Phi) is 4.31. The highest BCUT2D eigenvalue weighted by atomic mass is 35.5. The van der Waals surface area contributed by atoms with E-state index in [-0.39, 0.29) is 5.38 Å². The van der Waals surface area contributed by atoms with Crippen molar-refractivity contribution in [1.29, 1.82) is 5.26 Å². The molecule has 2 heterocycles. The summed E-state index contributed by atoms with van der Waals surface area (Å²) >= 11 is 6.94. The summed E-state index contributed by atoms with van der Waals surface area (Å²) in [5, 5.41) is 9.01. The molecule has 0 N–H and O–H groups in total. The van der Waals surface area contributed by atoms with Crippen LogP contribution in [0.4, 0.5) is 0 Å². The Labute approximate surface area is 148 Å². The number of alkyl halides is 1. The average molecular weight is 337 g/mol. The van der Waals surface area contributed by atoms with Gasteiger partial charge in [0.25, 0.3) is 0 Å². The SMILES string of the molecule is N#Cc1ccc(CN2C[C@H]3CC[C@@H]2C(Cl)c2ccccc2C3)cc1. The number of nitrogens with zero attached hydrogens (tertiary/aromatic N) is 2. The summed E-state index contributed by atoms with van der Waals surface area (Å²) in [6, 6.07) is 19.2. The molecule has 3 aliphatic rings. The van der Waals surface area contributed by atoms with Gasteiger partial charge in [-0.05, 0) is 54.0 Å². The highest BCUT2D eigenvalue weighted by Crippen LogP contribution is 2.41. The number of rotatable bonds is 2. The molecule has 0 amide bonds. The summed E-state index contributed by atoms with van der Waals surface area (Å²) in [4.78, 5) is 2.56. The Bertz CT molecular complexity index is 762. The van der Waals surface area contributed by atoms with Crippen LogP contribution in [-0.2, 0) is 13.0 Å². The summed E-state index contributed by atoms with van der Waals surface area (Å²) in [6.07, 6.45) is 3.57. The maximum atomic E-state index is 8.95. The normalized spacial score (nSPS) is 26.2. The molecule has 2 bridgehead atoms. The summed E-state index contributed by atoms with van der Waals surface area (Å²) < 4.78 is 0. The van der Waals surface area contributed by atoms with E-state index in [1.165, 1.54) is 29.5 Å². The maximum Gasteiger partial charge on any atom is 0.0991 e. The summed E-state index contributed by atoms with van der Waals surface area (Å²) in [7, 11) is 0. The largest absolute Gasteiger partial charge is 0.294 e. The van der Waals surface area contributed by atoms with Crippen molar-refractivity contribution in [3.8, 4) is 6.07 Å². The van der Waals surface area contributed by atoms with Gasteiger partial charge in [-0.15, -0.1) is 11.6 Å². The number of hydrogen-bond donors (Lipinski definition) is 0. The lowest BCUT2D eigenvalue weighted by Crippen LogP contribution is -2.47. The highest BCUT2D eigenvalue weighted by Gasteiger charge is 2.37. The van der Waals surface area contributed by atoms with Gasteiger partial charge >= 0.3 is 0 Å². The van der Waals surface area contributed by atoms with E-state index in [0.717, 1.165) is 25.1 Å². The summed E-state index contributed by atoms with van der Waals surface area (Å²) in [5.41, 5.74) is 4.73. The number of benzene rings is 2. The monoisotopic (exact) mass is 336 g/mol. The van der Waals surface area contributed by atoms with Gasteiger partial charge in [0.05, 0.1) is 17.0 Å². The van der Waals surface area contributed by atoms with Crippen molar-refractivity contribution < 1.29 is 0 Å². The van der Waals surface area contributed by atoms with Gasteiger partial charge in [0, 0.05) is 19.1 Å². The molecule has 2 aromatic rings. The first-order chi connectivity index (χ1) is 11.7. The zero-order valence-corrected chi connectivity index (χ0v) is 14.4. The van der Waals surface area contributed by atoms with Crippen molar-refractivity contribution in [1.82, 2.24) is 4.90 Å². The van der Waals surface area contributed by atoms with Crippen molar-refractivity contribution in [2.45, 2.75) is 37.2 Å². The lowest BCUT2D eigenvalue weighted by molar-refractivity contribution is 0.0906.